The summed E-state index contributed by atoms with van der Waals surface area (Å²) < 4.78 is 5.59. The van der Waals surface area contributed by atoms with Gasteiger partial charge in [-0.25, -0.2) is 4.79 Å². The molecule has 1 fully saturated rings. The van der Waals surface area contributed by atoms with E-state index in [4.69, 9.17) is 10.5 Å². The molecule has 5 N–H and O–H groups in total. The van der Waals surface area contributed by atoms with Crippen molar-refractivity contribution in [1.29, 1.82) is 0 Å². The second-order valence-corrected chi connectivity index (χ2v) is 9.94. The van der Waals surface area contributed by atoms with Crippen molar-refractivity contribution in [3.05, 3.63) is 35.9 Å². The quantitative estimate of drug-likeness (QED) is 0.324. The first-order chi connectivity index (χ1) is 16.4. The average Bonchev–Trinajstić information content (AvgIpc) is 3.16. The molecule has 1 heterocycles. The summed E-state index contributed by atoms with van der Waals surface area (Å²) in [5.74, 6) is -3.60. The minimum absolute atomic E-state index is 0.0225. The number of amides is 4. The Labute approximate surface area is 205 Å². The molecule has 1 aromatic carbocycles. The topological polar surface area (TPSA) is 157 Å². The van der Waals surface area contributed by atoms with Gasteiger partial charge < -0.3 is 26.4 Å². The zero-order valence-corrected chi connectivity index (χ0v) is 20.8. The van der Waals surface area contributed by atoms with Gasteiger partial charge in [0.2, 0.25) is 17.6 Å². The molecular formula is C25H36N4O6. The molecule has 10 heteroatoms. The lowest BCUT2D eigenvalue weighted by molar-refractivity contribution is -0.139. The lowest BCUT2D eigenvalue weighted by Gasteiger charge is -2.28. The maximum absolute atomic E-state index is 13.1. The van der Waals surface area contributed by atoms with Gasteiger partial charge in [0.05, 0.1) is 6.04 Å². The summed E-state index contributed by atoms with van der Waals surface area (Å²) in [6, 6.07) is 7.26. The van der Waals surface area contributed by atoms with E-state index in [1.807, 2.05) is 44.2 Å². The maximum atomic E-state index is 13.1. The normalized spacial score (nSPS) is 17.3. The number of carbonyl (C=O) groups excluding carboxylic acids is 5. The van der Waals surface area contributed by atoms with Crippen LogP contribution in [0.5, 0.6) is 0 Å². The summed E-state index contributed by atoms with van der Waals surface area (Å²) in [4.78, 5) is 61.6. The van der Waals surface area contributed by atoms with E-state index in [1.54, 1.807) is 13.8 Å². The van der Waals surface area contributed by atoms with Crippen LogP contribution in [-0.4, -0.2) is 53.8 Å². The van der Waals surface area contributed by atoms with E-state index >= 15 is 0 Å². The number of ketones is 1. The van der Waals surface area contributed by atoms with Crippen molar-refractivity contribution < 1.29 is 28.7 Å². The number of benzene rings is 1. The van der Waals surface area contributed by atoms with E-state index in [1.165, 1.54) is 0 Å². The number of rotatable bonds is 12. The molecule has 0 spiro atoms. The van der Waals surface area contributed by atoms with E-state index < -0.39 is 47.3 Å². The zero-order chi connectivity index (χ0) is 26.2. The highest BCUT2D eigenvalue weighted by Crippen LogP contribution is 2.19. The zero-order valence-electron chi connectivity index (χ0n) is 20.8. The standard InChI is InChI=1S/C25H36N4O6/c1-15(2)12-19(29-24(34)35-25(3,4)14-16-8-6-5-7-9-16)23(33)28-18(20(30)21(26)31)13-17-10-11-27-22(17)32/h5-9,15,17-19H,10-14H2,1-4H3,(H2,26,31)(H,27,32)(H,28,33)(H,29,34)/t17-,18?,19?/m0/s1. The van der Waals surface area contributed by atoms with Crippen LogP contribution in [0.15, 0.2) is 30.3 Å². The van der Waals surface area contributed by atoms with Gasteiger partial charge in [0.15, 0.2) is 0 Å². The highest BCUT2D eigenvalue weighted by molar-refractivity contribution is 6.37. The molecule has 0 aromatic heterocycles. The van der Waals surface area contributed by atoms with Crippen LogP contribution >= 0.6 is 0 Å². The van der Waals surface area contributed by atoms with Gasteiger partial charge in [0.25, 0.3) is 5.91 Å². The summed E-state index contributed by atoms with van der Waals surface area (Å²) in [6.45, 7) is 7.75. The molecule has 2 unspecified atom stereocenters. The predicted molar refractivity (Wildman–Crippen MR) is 129 cm³/mol. The predicted octanol–water partition coefficient (Wildman–Crippen LogP) is 1.21. The van der Waals surface area contributed by atoms with E-state index in [0.717, 1.165) is 5.56 Å². The van der Waals surface area contributed by atoms with E-state index in [0.29, 0.717) is 19.4 Å². The minimum atomic E-state index is -1.27. The van der Waals surface area contributed by atoms with Gasteiger partial charge in [-0.05, 0) is 44.6 Å². The van der Waals surface area contributed by atoms with Crippen LogP contribution in [0, 0.1) is 11.8 Å². The lowest BCUT2D eigenvalue weighted by Crippen LogP contribution is -2.55. The van der Waals surface area contributed by atoms with Crippen LogP contribution in [0.4, 0.5) is 4.79 Å². The molecule has 3 atom stereocenters. The van der Waals surface area contributed by atoms with Gasteiger partial charge in [-0.15, -0.1) is 0 Å². The molecular weight excluding hydrogens is 452 g/mol. The largest absolute Gasteiger partial charge is 0.443 e. The van der Waals surface area contributed by atoms with Crippen LogP contribution in [0.2, 0.25) is 0 Å². The Hall–Kier alpha value is -3.43. The fourth-order valence-corrected chi connectivity index (χ4v) is 4.08. The fraction of sp³-hybridized carbons (Fsp3) is 0.560. The van der Waals surface area contributed by atoms with E-state index in [-0.39, 0.29) is 24.7 Å². The SMILES string of the molecule is CC(C)CC(NC(=O)OC(C)(C)Cc1ccccc1)C(=O)NC(C[C@@H]1CCNC1=O)C(=O)C(N)=O. The van der Waals surface area contributed by atoms with Crippen molar-refractivity contribution in [2.75, 3.05) is 6.54 Å². The summed E-state index contributed by atoms with van der Waals surface area (Å²) in [6.07, 6.45) is 0.387. The summed E-state index contributed by atoms with van der Waals surface area (Å²) >= 11 is 0. The Morgan fingerprint density at radius 1 is 1.11 bits per heavy atom. The van der Waals surface area contributed by atoms with Crippen LogP contribution < -0.4 is 21.7 Å². The van der Waals surface area contributed by atoms with Crippen molar-refractivity contribution in [2.45, 2.75) is 71.1 Å². The lowest BCUT2D eigenvalue weighted by atomic mass is 9.94. The molecule has 0 radical (unpaired) electrons. The third-order valence-electron chi connectivity index (χ3n) is 5.72. The molecule has 35 heavy (non-hydrogen) atoms. The number of ether oxygens (including phenoxy) is 1. The van der Waals surface area contributed by atoms with E-state index in [2.05, 4.69) is 16.0 Å². The first-order valence-corrected chi connectivity index (χ1v) is 11.8. The Balaban J connectivity index is 2.08. The van der Waals surface area contributed by atoms with Crippen molar-refractivity contribution in [3.63, 3.8) is 0 Å². The van der Waals surface area contributed by atoms with Crippen molar-refractivity contribution in [2.24, 2.45) is 17.6 Å². The average molecular weight is 489 g/mol. The maximum Gasteiger partial charge on any atom is 0.408 e. The molecule has 4 amide bonds. The minimum Gasteiger partial charge on any atom is -0.443 e. The number of hydrogen-bond acceptors (Lipinski definition) is 6. The Kier molecular flexibility index (Phi) is 9.79. The third kappa shape index (κ3) is 9.03. The fourth-order valence-electron chi connectivity index (χ4n) is 4.08. The second kappa shape index (κ2) is 12.3. The van der Waals surface area contributed by atoms with Gasteiger partial charge in [-0.3, -0.25) is 19.2 Å². The van der Waals surface area contributed by atoms with Gasteiger partial charge in [-0.2, -0.15) is 0 Å². The molecule has 2 rings (SSSR count). The monoisotopic (exact) mass is 488 g/mol. The van der Waals surface area contributed by atoms with Crippen LogP contribution in [0.3, 0.4) is 0 Å². The summed E-state index contributed by atoms with van der Waals surface area (Å²) in [5.41, 5.74) is 5.31. The van der Waals surface area contributed by atoms with E-state index in [9.17, 15) is 24.0 Å². The molecule has 1 aliphatic heterocycles. The van der Waals surface area contributed by atoms with Gasteiger partial charge in [-0.1, -0.05) is 44.2 Å². The van der Waals surface area contributed by atoms with Crippen molar-refractivity contribution in [3.8, 4) is 0 Å². The second-order valence-electron chi connectivity index (χ2n) is 9.94. The van der Waals surface area contributed by atoms with Crippen molar-refractivity contribution in [1.82, 2.24) is 16.0 Å². The number of alkyl carbamates (subject to hydrolysis) is 1. The Morgan fingerprint density at radius 3 is 2.31 bits per heavy atom. The van der Waals surface area contributed by atoms with Crippen LogP contribution in [-0.2, 0) is 30.3 Å². The number of nitrogens with two attached hydrogens (primary N) is 1. The number of primary amides is 1. The van der Waals surface area contributed by atoms with Crippen LogP contribution in [0.1, 0.15) is 52.5 Å². The number of Topliss-reactive ketones (excluding diaryl/α,β-unsaturated/α-hetero) is 1. The molecule has 10 nitrogen and oxygen atoms in total. The van der Waals surface area contributed by atoms with Crippen LogP contribution in [0.25, 0.3) is 0 Å². The molecule has 1 aromatic rings. The highest BCUT2D eigenvalue weighted by Gasteiger charge is 2.35. The molecule has 0 bridgehead atoms. The summed E-state index contributed by atoms with van der Waals surface area (Å²) in [7, 11) is 0. The summed E-state index contributed by atoms with van der Waals surface area (Å²) in [5, 5.41) is 7.76. The van der Waals surface area contributed by atoms with Gasteiger partial charge in [0, 0.05) is 18.9 Å². The Morgan fingerprint density at radius 2 is 1.77 bits per heavy atom. The molecule has 1 aliphatic rings. The number of carbonyl (C=O) groups is 5. The highest BCUT2D eigenvalue weighted by atomic mass is 16.6. The van der Waals surface area contributed by atoms with Gasteiger partial charge >= 0.3 is 6.09 Å². The molecule has 192 valence electrons. The number of hydrogen-bond donors (Lipinski definition) is 4. The third-order valence-corrected chi connectivity index (χ3v) is 5.72. The first-order valence-electron chi connectivity index (χ1n) is 11.8. The first kappa shape index (κ1) is 27.8. The molecule has 0 aliphatic carbocycles. The smallest absolute Gasteiger partial charge is 0.408 e. The molecule has 0 saturated carbocycles. The number of nitrogens with one attached hydrogen (secondary N) is 3. The van der Waals surface area contributed by atoms with Crippen molar-refractivity contribution >= 4 is 29.6 Å². The Bertz CT molecular complexity index is 931. The van der Waals surface area contributed by atoms with Gasteiger partial charge in [0.1, 0.15) is 11.6 Å². The molecule has 1 saturated heterocycles.